The van der Waals surface area contributed by atoms with Crippen molar-refractivity contribution in [2.45, 2.75) is 35.7 Å². The van der Waals surface area contributed by atoms with Gasteiger partial charge in [-0.2, -0.15) is 13.2 Å². The number of benzene rings is 1. The van der Waals surface area contributed by atoms with E-state index in [1.54, 1.807) is 0 Å². The van der Waals surface area contributed by atoms with Crippen molar-refractivity contribution in [1.82, 2.24) is 20.3 Å². The second-order valence-electron chi connectivity index (χ2n) is 9.03. The fraction of sp³-hybridized carbons (Fsp3) is 0.360. The van der Waals surface area contributed by atoms with E-state index in [4.69, 9.17) is 4.74 Å². The number of hydrogen-bond acceptors (Lipinski definition) is 7. The van der Waals surface area contributed by atoms with Gasteiger partial charge < -0.3 is 10.1 Å². The van der Waals surface area contributed by atoms with Crippen molar-refractivity contribution >= 4 is 15.7 Å². The highest BCUT2D eigenvalue weighted by atomic mass is 32.2. The highest BCUT2D eigenvalue weighted by Crippen LogP contribution is 2.39. The van der Waals surface area contributed by atoms with E-state index in [2.05, 4.69) is 20.3 Å². The van der Waals surface area contributed by atoms with Crippen LogP contribution in [0.4, 0.5) is 22.0 Å². The van der Waals surface area contributed by atoms with Gasteiger partial charge in [0.2, 0.25) is 11.7 Å². The molecular formula is C25H23F5N4O4S. The zero-order valence-corrected chi connectivity index (χ0v) is 21.3. The number of pyridine rings is 1. The fourth-order valence-electron chi connectivity index (χ4n) is 4.67. The second-order valence-corrected chi connectivity index (χ2v) is 11.1. The summed E-state index contributed by atoms with van der Waals surface area (Å²) in [4.78, 5) is 23.4. The van der Waals surface area contributed by atoms with Crippen LogP contribution in [0.3, 0.4) is 0 Å². The van der Waals surface area contributed by atoms with E-state index in [-0.39, 0.29) is 41.3 Å². The van der Waals surface area contributed by atoms with Gasteiger partial charge in [-0.15, -0.1) is 0 Å². The molecule has 1 aromatic carbocycles. The second kappa shape index (κ2) is 11.3. The Morgan fingerprint density at radius 2 is 1.72 bits per heavy atom. The number of amides is 1. The number of halogens is 5. The van der Waals surface area contributed by atoms with Crippen molar-refractivity contribution in [1.29, 1.82) is 0 Å². The molecule has 14 heteroatoms. The van der Waals surface area contributed by atoms with Gasteiger partial charge in [-0.1, -0.05) is 0 Å². The molecule has 0 bridgehead atoms. The summed E-state index contributed by atoms with van der Waals surface area (Å²) in [7, 11) is -2.64. The molecule has 1 fully saturated rings. The third-order valence-corrected chi connectivity index (χ3v) is 8.88. The van der Waals surface area contributed by atoms with E-state index in [0.29, 0.717) is 6.42 Å². The van der Waals surface area contributed by atoms with Crippen LogP contribution in [0.5, 0.6) is 0 Å². The van der Waals surface area contributed by atoms with E-state index in [1.165, 1.54) is 13.2 Å². The van der Waals surface area contributed by atoms with Crippen LogP contribution in [0.1, 0.15) is 24.2 Å². The number of nitrogens with one attached hydrogen (secondary N) is 1. The Labute approximate surface area is 220 Å². The van der Waals surface area contributed by atoms with E-state index in [0.717, 1.165) is 42.9 Å². The molecule has 3 atom stereocenters. The monoisotopic (exact) mass is 570 g/mol. The molecule has 208 valence electrons. The maximum atomic E-state index is 14.5. The molecule has 0 spiro atoms. The van der Waals surface area contributed by atoms with Gasteiger partial charge >= 0.3 is 6.18 Å². The van der Waals surface area contributed by atoms with E-state index in [9.17, 15) is 35.2 Å². The summed E-state index contributed by atoms with van der Waals surface area (Å²) >= 11 is 0. The number of alkyl halides is 3. The molecule has 1 saturated carbocycles. The van der Waals surface area contributed by atoms with Crippen LogP contribution in [-0.4, -0.2) is 48.2 Å². The fourth-order valence-corrected chi connectivity index (χ4v) is 6.91. The van der Waals surface area contributed by atoms with Gasteiger partial charge in [-0.25, -0.2) is 27.2 Å². The molecule has 1 amide bonds. The molecular weight excluding hydrogens is 547 g/mol. The molecule has 8 nitrogen and oxygen atoms in total. The Bertz CT molecular complexity index is 1430. The van der Waals surface area contributed by atoms with Crippen LogP contribution in [-0.2, 0) is 32.1 Å². The van der Waals surface area contributed by atoms with Crippen molar-refractivity contribution in [3.63, 3.8) is 0 Å². The van der Waals surface area contributed by atoms with Gasteiger partial charge in [0.25, 0.3) is 0 Å². The molecule has 1 aliphatic carbocycles. The summed E-state index contributed by atoms with van der Waals surface area (Å²) < 4.78 is 98.1. The van der Waals surface area contributed by atoms with E-state index in [1.807, 2.05) is 0 Å². The SMILES string of the molecule is COC[C@H]1CC[C@@H](C(=O)NCc2cc(-c3cnc(C(F)(F)F)nc3)ncc2F)C1S(=O)(=O)c1ccc(F)cc1. The van der Waals surface area contributed by atoms with Crippen molar-refractivity contribution in [3.8, 4) is 11.3 Å². The summed E-state index contributed by atoms with van der Waals surface area (Å²) in [5.74, 6) is -4.83. The van der Waals surface area contributed by atoms with Crippen molar-refractivity contribution in [2.24, 2.45) is 11.8 Å². The molecule has 2 heterocycles. The maximum absolute atomic E-state index is 14.5. The Balaban J connectivity index is 1.53. The highest BCUT2D eigenvalue weighted by Gasteiger charge is 2.48. The molecule has 0 radical (unpaired) electrons. The smallest absolute Gasteiger partial charge is 0.384 e. The van der Waals surface area contributed by atoms with Gasteiger partial charge in [0, 0.05) is 43.1 Å². The molecule has 3 aromatic rings. The number of aromatic nitrogens is 3. The van der Waals surface area contributed by atoms with Crippen molar-refractivity contribution in [2.75, 3.05) is 13.7 Å². The largest absolute Gasteiger partial charge is 0.451 e. The third kappa shape index (κ3) is 6.22. The first-order valence-electron chi connectivity index (χ1n) is 11.7. The molecule has 0 saturated heterocycles. The average Bonchev–Trinajstić information content (AvgIpc) is 3.33. The number of carbonyl (C=O) groups excluding carboxylic acids is 1. The van der Waals surface area contributed by atoms with E-state index < -0.39 is 56.5 Å². The molecule has 39 heavy (non-hydrogen) atoms. The Kier molecular flexibility index (Phi) is 8.25. The van der Waals surface area contributed by atoms with Gasteiger partial charge in [-0.3, -0.25) is 9.78 Å². The van der Waals surface area contributed by atoms with Crippen LogP contribution in [0, 0.1) is 23.5 Å². The zero-order valence-electron chi connectivity index (χ0n) is 20.5. The van der Waals surface area contributed by atoms with Crippen LogP contribution in [0.2, 0.25) is 0 Å². The molecule has 1 unspecified atom stereocenters. The first-order chi connectivity index (χ1) is 18.4. The minimum Gasteiger partial charge on any atom is -0.384 e. The zero-order chi connectivity index (χ0) is 28.4. The van der Waals surface area contributed by atoms with Gasteiger partial charge in [0.05, 0.1) is 34.6 Å². The third-order valence-electron chi connectivity index (χ3n) is 6.52. The van der Waals surface area contributed by atoms with Crippen LogP contribution < -0.4 is 5.32 Å². The first-order valence-corrected chi connectivity index (χ1v) is 13.3. The van der Waals surface area contributed by atoms with Crippen LogP contribution in [0.25, 0.3) is 11.3 Å². The number of rotatable bonds is 8. The Morgan fingerprint density at radius 3 is 2.33 bits per heavy atom. The number of sulfone groups is 1. The lowest BCUT2D eigenvalue weighted by molar-refractivity contribution is -0.145. The van der Waals surface area contributed by atoms with E-state index >= 15 is 0 Å². The van der Waals surface area contributed by atoms with Crippen molar-refractivity contribution < 1.29 is 39.9 Å². The number of ether oxygens (including phenoxy) is 1. The number of carbonyl (C=O) groups is 1. The number of methoxy groups -OCH3 is 1. The normalized spacial score (nSPS) is 19.7. The lowest BCUT2D eigenvalue weighted by Gasteiger charge is -2.24. The summed E-state index contributed by atoms with van der Waals surface area (Å²) in [5, 5.41) is 1.41. The molecule has 4 rings (SSSR count). The molecule has 1 aliphatic rings. The summed E-state index contributed by atoms with van der Waals surface area (Å²) in [6.45, 7) is -0.247. The minimum absolute atomic E-state index is 0.0300. The average molecular weight is 571 g/mol. The maximum Gasteiger partial charge on any atom is 0.451 e. The topological polar surface area (TPSA) is 111 Å². The lowest BCUT2D eigenvalue weighted by Crippen LogP contribution is -2.41. The number of hydrogen-bond donors (Lipinski definition) is 1. The molecule has 2 aromatic heterocycles. The van der Waals surface area contributed by atoms with Gasteiger partial charge in [0.15, 0.2) is 9.84 Å². The Hall–Kier alpha value is -3.52. The predicted molar refractivity (Wildman–Crippen MR) is 128 cm³/mol. The quantitative estimate of drug-likeness (QED) is 0.322. The predicted octanol–water partition coefficient (Wildman–Crippen LogP) is 3.97. The molecule has 0 aliphatic heterocycles. The van der Waals surface area contributed by atoms with Crippen LogP contribution >= 0.6 is 0 Å². The van der Waals surface area contributed by atoms with Crippen molar-refractivity contribution in [3.05, 3.63) is 71.9 Å². The lowest BCUT2D eigenvalue weighted by atomic mass is 10.0. The minimum atomic E-state index is -4.73. The molecule has 1 N–H and O–H groups in total. The highest BCUT2D eigenvalue weighted by molar-refractivity contribution is 7.92. The summed E-state index contributed by atoms with van der Waals surface area (Å²) in [6.07, 6.45) is -1.46. The van der Waals surface area contributed by atoms with Gasteiger partial charge in [-0.05, 0) is 43.2 Å². The standard InChI is InChI=1S/C25H23F5N4O4S/c1-38-13-14-2-7-19(22(14)39(36,37)18-5-3-17(26)4-6-18)23(35)32-9-15-8-21(31-12-20(15)27)16-10-33-24(34-11-16)25(28,29)30/h3-6,8,10-12,14,19,22H,2,7,9,13H2,1H3,(H,32,35)/t14-,19-,22?/m1/s1. The van der Waals surface area contributed by atoms with Crippen LogP contribution in [0.15, 0.2) is 53.8 Å². The Morgan fingerprint density at radius 1 is 1.05 bits per heavy atom. The number of nitrogens with zero attached hydrogens (tertiary/aromatic N) is 3. The first kappa shape index (κ1) is 28.5. The van der Waals surface area contributed by atoms with Gasteiger partial charge in [0.1, 0.15) is 11.6 Å². The summed E-state index contributed by atoms with van der Waals surface area (Å²) in [5.41, 5.74) is 0.143. The summed E-state index contributed by atoms with van der Waals surface area (Å²) in [6, 6.07) is 5.56.